The van der Waals surface area contributed by atoms with Crippen LogP contribution in [-0.2, 0) is 11.3 Å². The van der Waals surface area contributed by atoms with Crippen molar-refractivity contribution in [1.82, 2.24) is 20.2 Å². The number of carbonyl (C=O) groups excluding carboxylic acids is 1. The molecule has 3 aromatic rings. The highest BCUT2D eigenvalue weighted by Crippen LogP contribution is 2.37. The maximum absolute atomic E-state index is 12.3. The van der Waals surface area contributed by atoms with Gasteiger partial charge in [-0.2, -0.15) is 5.10 Å². The van der Waals surface area contributed by atoms with E-state index in [9.17, 15) is 4.79 Å². The second kappa shape index (κ2) is 11.9. The van der Waals surface area contributed by atoms with Crippen LogP contribution in [0, 0.1) is 0 Å². The quantitative estimate of drug-likeness (QED) is 0.250. The van der Waals surface area contributed by atoms with Gasteiger partial charge in [-0.1, -0.05) is 11.8 Å². The lowest BCUT2D eigenvalue weighted by atomic mass is 10.2. The smallest absolute Gasteiger partial charge is 0.250 e. The number of methoxy groups -OCH3 is 4. The van der Waals surface area contributed by atoms with Crippen molar-refractivity contribution in [3.8, 4) is 34.4 Å². The number of hydrazone groups is 1. The Balaban J connectivity index is 1.62. The van der Waals surface area contributed by atoms with E-state index >= 15 is 0 Å². The Morgan fingerprint density at radius 3 is 2.26 bits per heavy atom. The van der Waals surface area contributed by atoms with Crippen LogP contribution in [0.15, 0.2) is 46.7 Å². The normalized spacial score (nSPS) is 10.9. The maximum Gasteiger partial charge on any atom is 0.250 e. The first-order valence-electron chi connectivity index (χ1n) is 10.4. The third-order valence-electron chi connectivity index (χ3n) is 4.80. The molecule has 0 atom stereocenters. The van der Waals surface area contributed by atoms with Crippen LogP contribution in [0.5, 0.6) is 23.0 Å². The molecular weight excluding hydrogens is 458 g/mol. The molecule has 34 heavy (non-hydrogen) atoms. The van der Waals surface area contributed by atoms with E-state index in [4.69, 9.17) is 18.9 Å². The molecule has 1 N–H and O–H groups in total. The topological polar surface area (TPSA) is 109 Å². The van der Waals surface area contributed by atoms with E-state index in [0.29, 0.717) is 34.5 Å². The van der Waals surface area contributed by atoms with Gasteiger partial charge in [0, 0.05) is 17.7 Å². The molecule has 0 saturated heterocycles. The molecule has 10 nitrogen and oxygen atoms in total. The number of aromatic nitrogens is 3. The summed E-state index contributed by atoms with van der Waals surface area (Å²) in [7, 11) is 6.22. The molecule has 0 aliphatic heterocycles. The molecule has 2 aromatic carbocycles. The lowest BCUT2D eigenvalue weighted by Crippen LogP contribution is -2.20. The minimum absolute atomic E-state index is 0.132. The van der Waals surface area contributed by atoms with Crippen molar-refractivity contribution in [2.75, 3.05) is 34.2 Å². The summed E-state index contributed by atoms with van der Waals surface area (Å²) in [5.74, 6) is 2.83. The van der Waals surface area contributed by atoms with E-state index in [2.05, 4.69) is 20.7 Å². The van der Waals surface area contributed by atoms with Gasteiger partial charge in [-0.3, -0.25) is 4.79 Å². The van der Waals surface area contributed by atoms with Crippen LogP contribution in [0.4, 0.5) is 0 Å². The van der Waals surface area contributed by atoms with Crippen LogP contribution >= 0.6 is 11.8 Å². The van der Waals surface area contributed by atoms with Crippen molar-refractivity contribution in [2.24, 2.45) is 5.10 Å². The van der Waals surface area contributed by atoms with E-state index in [1.807, 2.05) is 35.8 Å². The van der Waals surface area contributed by atoms with Crippen LogP contribution in [0.25, 0.3) is 11.4 Å². The molecule has 180 valence electrons. The molecule has 0 saturated carbocycles. The van der Waals surface area contributed by atoms with Gasteiger partial charge >= 0.3 is 0 Å². The maximum atomic E-state index is 12.3. The Labute approximate surface area is 202 Å². The van der Waals surface area contributed by atoms with Gasteiger partial charge in [-0.25, -0.2) is 5.43 Å². The highest BCUT2D eigenvalue weighted by molar-refractivity contribution is 7.99. The predicted octanol–water partition coefficient (Wildman–Crippen LogP) is 3.24. The van der Waals surface area contributed by atoms with Crippen molar-refractivity contribution >= 4 is 23.9 Å². The van der Waals surface area contributed by atoms with Crippen molar-refractivity contribution in [1.29, 1.82) is 0 Å². The number of nitrogens with zero attached hydrogens (tertiary/aromatic N) is 4. The molecule has 0 bridgehead atoms. The Morgan fingerprint density at radius 1 is 1.03 bits per heavy atom. The number of rotatable bonds is 11. The molecule has 0 unspecified atom stereocenters. The van der Waals surface area contributed by atoms with Gasteiger partial charge in [0.15, 0.2) is 22.5 Å². The average molecular weight is 486 g/mol. The largest absolute Gasteiger partial charge is 0.497 e. The molecule has 11 heteroatoms. The molecule has 0 fully saturated rings. The summed E-state index contributed by atoms with van der Waals surface area (Å²) in [5, 5.41) is 13.2. The second-order valence-corrected chi connectivity index (χ2v) is 7.76. The van der Waals surface area contributed by atoms with Crippen LogP contribution in [0.3, 0.4) is 0 Å². The number of hydrogen-bond donors (Lipinski definition) is 1. The number of thioether (sulfide) groups is 1. The van der Waals surface area contributed by atoms with Gasteiger partial charge in [0.25, 0.3) is 5.91 Å². The first kappa shape index (κ1) is 24.9. The summed E-state index contributed by atoms with van der Waals surface area (Å²) in [5.41, 5.74) is 4.12. The summed E-state index contributed by atoms with van der Waals surface area (Å²) in [6, 6.07) is 11.1. The van der Waals surface area contributed by atoms with Crippen LogP contribution in [-0.4, -0.2) is 61.1 Å². The highest BCUT2D eigenvalue weighted by atomic mass is 32.2. The SMILES string of the molecule is CCn1c(SCC(=O)N/N=C/c2cc(OC)c(OC)c(OC)c2)nnc1-c1ccc(OC)cc1. The minimum atomic E-state index is -0.273. The fourth-order valence-electron chi connectivity index (χ4n) is 3.15. The van der Waals surface area contributed by atoms with E-state index < -0.39 is 0 Å². The first-order chi connectivity index (χ1) is 16.5. The van der Waals surface area contributed by atoms with E-state index in [1.165, 1.54) is 39.3 Å². The standard InChI is InChI=1S/C23H27N5O5S/c1-6-28-22(16-7-9-17(30-2)10-8-16)26-27-23(28)34-14-20(29)25-24-13-15-11-18(31-3)21(33-5)19(12-15)32-4/h7-13H,6,14H2,1-5H3,(H,25,29)/b24-13+. The summed E-state index contributed by atoms with van der Waals surface area (Å²) < 4.78 is 23.1. The molecule has 0 radical (unpaired) electrons. The highest BCUT2D eigenvalue weighted by Gasteiger charge is 2.15. The van der Waals surface area contributed by atoms with Crippen molar-refractivity contribution in [2.45, 2.75) is 18.6 Å². The van der Waals surface area contributed by atoms with Crippen LogP contribution in [0.1, 0.15) is 12.5 Å². The number of hydrogen-bond acceptors (Lipinski definition) is 9. The van der Waals surface area contributed by atoms with Gasteiger partial charge < -0.3 is 23.5 Å². The molecule has 0 aliphatic carbocycles. The molecule has 0 aliphatic rings. The van der Waals surface area contributed by atoms with Gasteiger partial charge in [0.1, 0.15) is 5.75 Å². The molecular formula is C23H27N5O5S. The van der Waals surface area contributed by atoms with Gasteiger partial charge in [-0.15, -0.1) is 10.2 Å². The Kier molecular flexibility index (Phi) is 8.74. The average Bonchev–Trinajstić information content (AvgIpc) is 3.29. The number of carbonyl (C=O) groups is 1. The fourth-order valence-corrected chi connectivity index (χ4v) is 3.95. The van der Waals surface area contributed by atoms with E-state index in [0.717, 1.165) is 17.1 Å². The Morgan fingerprint density at radius 2 is 1.71 bits per heavy atom. The Bertz CT molecular complexity index is 1120. The van der Waals surface area contributed by atoms with Crippen molar-refractivity contribution < 1.29 is 23.7 Å². The minimum Gasteiger partial charge on any atom is -0.497 e. The molecule has 1 aromatic heterocycles. The zero-order valence-electron chi connectivity index (χ0n) is 19.7. The summed E-state index contributed by atoms with van der Waals surface area (Å²) in [6.45, 7) is 2.67. The zero-order valence-corrected chi connectivity index (χ0v) is 20.5. The Hall–Kier alpha value is -3.73. The summed E-state index contributed by atoms with van der Waals surface area (Å²) in [6.07, 6.45) is 1.50. The third kappa shape index (κ3) is 5.79. The van der Waals surface area contributed by atoms with Crippen LogP contribution in [0.2, 0.25) is 0 Å². The van der Waals surface area contributed by atoms with Gasteiger partial charge in [0.2, 0.25) is 5.75 Å². The zero-order chi connectivity index (χ0) is 24.5. The number of nitrogens with one attached hydrogen (secondary N) is 1. The molecule has 1 heterocycles. The second-order valence-electron chi connectivity index (χ2n) is 6.82. The third-order valence-corrected chi connectivity index (χ3v) is 5.77. The van der Waals surface area contributed by atoms with Gasteiger partial charge in [0.05, 0.1) is 40.4 Å². The summed E-state index contributed by atoms with van der Waals surface area (Å²) >= 11 is 1.29. The van der Waals surface area contributed by atoms with E-state index in [1.54, 1.807) is 19.2 Å². The lowest BCUT2D eigenvalue weighted by Gasteiger charge is -2.12. The van der Waals surface area contributed by atoms with E-state index in [-0.39, 0.29) is 11.7 Å². The summed E-state index contributed by atoms with van der Waals surface area (Å²) in [4.78, 5) is 12.3. The first-order valence-corrected chi connectivity index (χ1v) is 11.3. The van der Waals surface area contributed by atoms with Crippen LogP contribution < -0.4 is 24.4 Å². The monoisotopic (exact) mass is 485 g/mol. The lowest BCUT2D eigenvalue weighted by molar-refractivity contribution is -0.118. The van der Waals surface area contributed by atoms with Gasteiger partial charge in [-0.05, 0) is 43.3 Å². The predicted molar refractivity (Wildman–Crippen MR) is 130 cm³/mol. The molecule has 1 amide bonds. The number of ether oxygens (including phenoxy) is 4. The fraction of sp³-hybridized carbons (Fsp3) is 0.304. The molecule has 0 spiro atoms. The number of amides is 1. The molecule has 3 rings (SSSR count). The van der Waals surface area contributed by atoms with Crippen molar-refractivity contribution in [3.05, 3.63) is 42.0 Å². The van der Waals surface area contributed by atoms with Crippen molar-refractivity contribution in [3.63, 3.8) is 0 Å². The number of benzene rings is 2.